The third-order valence-corrected chi connectivity index (χ3v) is 4.60. The molecule has 1 unspecified atom stereocenters. The van der Waals surface area contributed by atoms with E-state index >= 15 is 0 Å². The van der Waals surface area contributed by atoms with Crippen molar-refractivity contribution in [2.75, 3.05) is 18.8 Å². The molecular weight excluding hydrogens is 292 g/mol. The van der Waals surface area contributed by atoms with Crippen LogP contribution in [0.15, 0.2) is 6.07 Å². The Morgan fingerprint density at radius 1 is 1.38 bits per heavy atom. The summed E-state index contributed by atoms with van der Waals surface area (Å²) in [6.07, 6.45) is 1.08. The highest BCUT2D eigenvalue weighted by Gasteiger charge is 2.31. The molecule has 1 aliphatic rings. The monoisotopic (exact) mass is 314 g/mol. The van der Waals surface area contributed by atoms with Crippen LogP contribution >= 0.6 is 0 Å². The zero-order chi connectivity index (χ0) is 15.6. The first-order chi connectivity index (χ1) is 9.74. The van der Waals surface area contributed by atoms with E-state index in [-0.39, 0.29) is 24.0 Å². The molecule has 118 valence electrons. The highest BCUT2D eigenvalue weighted by Crippen LogP contribution is 2.19. The lowest BCUT2D eigenvalue weighted by Gasteiger charge is -2.16. The van der Waals surface area contributed by atoms with Crippen LogP contribution < -0.4 is 5.14 Å². The number of hydrogen-bond acceptors (Lipinski definition) is 4. The highest BCUT2D eigenvalue weighted by molar-refractivity contribution is 7.89. The normalized spacial score (nSPS) is 19.5. The zero-order valence-corrected chi connectivity index (χ0v) is 13.3. The van der Waals surface area contributed by atoms with E-state index in [2.05, 4.69) is 5.10 Å². The molecule has 8 heteroatoms. The Morgan fingerprint density at radius 3 is 2.67 bits per heavy atom. The average Bonchev–Trinajstić information content (AvgIpc) is 2.80. The van der Waals surface area contributed by atoms with E-state index in [0.717, 1.165) is 24.4 Å². The van der Waals surface area contributed by atoms with Crippen molar-refractivity contribution < 1.29 is 13.2 Å². The van der Waals surface area contributed by atoms with E-state index in [4.69, 9.17) is 5.14 Å². The molecule has 1 fully saturated rings. The average molecular weight is 314 g/mol. The van der Waals surface area contributed by atoms with Crippen LogP contribution in [0.1, 0.15) is 24.2 Å². The van der Waals surface area contributed by atoms with Crippen LogP contribution in [0.2, 0.25) is 0 Å². The van der Waals surface area contributed by atoms with E-state index in [1.165, 1.54) is 0 Å². The summed E-state index contributed by atoms with van der Waals surface area (Å²) in [6, 6.07) is 2.02. The van der Waals surface area contributed by atoms with Crippen molar-refractivity contribution in [3.63, 3.8) is 0 Å². The summed E-state index contributed by atoms with van der Waals surface area (Å²) < 4.78 is 24.1. The van der Waals surface area contributed by atoms with Crippen molar-refractivity contribution in [3.8, 4) is 0 Å². The molecule has 2 heterocycles. The Kier molecular flexibility index (Phi) is 4.67. The van der Waals surface area contributed by atoms with Gasteiger partial charge < -0.3 is 4.90 Å². The van der Waals surface area contributed by atoms with Crippen molar-refractivity contribution >= 4 is 15.9 Å². The molecule has 0 spiro atoms. The van der Waals surface area contributed by atoms with Crippen LogP contribution in [0, 0.1) is 19.8 Å². The summed E-state index contributed by atoms with van der Waals surface area (Å²) in [5, 5.41) is 9.41. The summed E-state index contributed by atoms with van der Waals surface area (Å²) in [4.78, 5) is 13.6. The van der Waals surface area contributed by atoms with Gasteiger partial charge in [-0.25, -0.2) is 13.6 Å². The molecule has 1 aliphatic heterocycles. The summed E-state index contributed by atoms with van der Waals surface area (Å²) in [5.41, 5.74) is 2.09. The van der Waals surface area contributed by atoms with Gasteiger partial charge in [0.15, 0.2) is 0 Å². The topological polar surface area (TPSA) is 98.3 Å². The third-order valence-electron chi connectivity index (χ3n) is 3.66. The Bertz CT molecular complexity index is 623. The second kappa shape index (κ2) is 6.15. The maximum Gasteiger partial charge on any atom is 0.222 e. The lowest BCUT2D eigenvalue weighted by molar-refractivity contribution is -0.127. The van der Waals surface area contributed by atoms with Crippen LogP contribution in [0.25, 0.3) is 0 Å². The molecular formula is C13H22N4O3S. The number of carbonyl (C=O) groups is 1. The molecule has 1 amide bonds. The fourth-order valence-corrected chi connectivity index (χ4v) is 3.70. The van der Waals surface area contributed by atoms with Crippen molar-refractivity contribution in [1.82, 2.24) is 14.7 Å². The predicted molar refractivity (Wildman–Crippen MR) is 79.0 cm³/mol. The van der Waals surface area contributed by atoms with Crippen molar-refractivity contribution in [3.05, 3.63) is 17.5 Å². The smallest absolute Gasteiger partial charge is 0.222 e. The lowest BCUT2D eigenvalue weighted by atomic mass is 10.1. The maximum absolute atomic E-state index is 11.9. The maximum atomic E-state index is 11.9. The number of rotatable bonds is 6. The number of aryl methyl sites for hydroxylation is 3. The standard InChI is InChI=1S/C13H22N4O3S/c1-10-6-11(2)17(15-10)5-3-4-16-8-12(7-13(16)18)9-21(14,19)20/h6,12H,3-5,7-9H2,1-2H3,(H2,14,19,20). The number of carbonyl (C=O) groups excluding carboxylic acids is 1. The van der Waals surface area contributed by atoms with Crippen molar-refractivity contribution in [2.24, 2.45) is 11.1 Å². The van der Waals surface area contributed by atoms with E-state index in [9.17, 15) is 13.2 Å². The fraction of sp³-hybridized carbons (Fsp3) is 0.692. The number of likely N-dealkylation sites (tertiary alicyclic amines) is 1. The number of hydrogen-bond donors (Lipinski definition) is 1. The van der Waals surface area contributed by atoms with Crippen molar-refractivity contribution in [2.45, 2.75) is 33.2 Å². The minimum absolute atomic E-state index is 0.0111. The quantitative estimate of drug-likeness (QED) is 0.800. The SMILES string of the molecule is Cc1cc(C)n(CCCN2CC(CS(N)(=O)=O)CC2=O)n1. The molecule has 0 aliphatic carbocycles. The number of nitrogens with zero attached hydrogens (tertiary/aromatic N) is 3. The van der Waals surface area contributed by atoms with Crippen LogP contribution in [0.3, 0.4) is 0 Å². The largest absolute Gasteiger partial charge is 0.342 e. The van der Waals surface area contributed by atoms with Gasteiger partial charge in [0.25, 0.3) is 0 Å². The van der Waals surface area contributed by atoms with Gasteiger partial charge in [0, 0.05) is 37.7 Å². The van der Waals surface area contributed by atoms with Crippen LogP contribution in [0.5, 0.6) is 0 Å². The van der Waals surface area contributed by atoms with Gasteiger partial charge in [-0.3, -0.25) is 9.48 Å². The number of sulfonamides is 1. The molecule has 21 heavy (non-hydrogen) atoms. The van der Waals surface area contributed by atoms with Gasteiger partial charge in [0.2, 0.25) is 15.9 Å². The molecule has 1 aromatic heterocycles. The van der Waals surface area contributed by atoms with Gasteiger partial charge in [-0.2, -0.15) is 5.10 Å². The molecule has 0 aromatic carbocycles. The highest BCUT2D eigenvalue weighted by atomic mass is 32.2. The van der Waals surface area contributed by atoms with Gasteiger partial charge >= 0.3 is 0 Å². The van der Waals surface area contributed by atoms with E-state index in [1.807, 2.05) is 24.6 Å². The van der Waals surface area contributed by atoms with Gasteiger partial charge in [0.05, 0.1) is 11.4 Å². The number of amides is 1. The minimum atomic E-state index is -3.51. The Hall–Kier alpha value is -1.41. The van der Waals surface area contributed by atoms with Gasteiger partial charge in [-0.05, 0) is 26.3 Å². The van der Waals surface area contributed by atoms with Crippen LogP contribution in [-0.4, -0.2) is 47.8 Å². The Labute approximate surface area is 125 Å². The Morgan fingerprint density at radius 2 is 2.10 bits per heavy atom. The minimum Gasteiger partial charge on any atom is -0.342 e. The first-order valence-electron chi connectivity index (χ1n) is 7.04. The molecule has 1 saturated heterocycles. The van der Waals surface area contributed by atoms with Gasteiger partial charge in [-0.15, -0.1) is 0 Å². The molecule has 2 N–H and O–H groups in total. The molecule has 0 saturated carbocycles. The van der Waals surface area contributed by atoms with Gasteiger partial charge in [0.1, 0.15) is 0 Å². The number of aromatic nitrogens is 2. The molecule has 7 nitrogen and oxygen atoms in total. The predicted octanol–water partition coefficient (Wildman–Crippen LogP) is 0.0270. The zero-order valence-electron chi connectivity index (χ0n) is 12.4. The van der Waals surface area contributed by atoms with Crippen LogP contribution in [0.4, 0.5) is 0 Å². The molecule has 2 rings (SSSR count). The molecule has 1 aromatic rings. The first-order valence-corrected chi connectivity index (χ1v) is 8.75. The lowest BCUT2D eigenvalue weighted by Crippen LogP contribution is -2.29. The van der Waals surface area contributed by atoms with E-state index in [0.29, 0.717) is 13.1 Å². The second-order valence-electron chi connectivity index (χ2n) is 5.74. The summed E-state index contributed by atoms with van der Waals surface area (Å²) in [5.74, 6) is -0.287. The van der Waals surface area contributed by atoms with Gasteiger partial charge in [-0.1, -0.05) is 0 Å². The molecule has 1 atom stereocenters. The third kappa shape index (κ3) is 4.53. The van der Waals surface area contributed by atoms with E-state index < -0.39 is 10.0 Å². The summed E-state index contributed by atoms with van der Waals surface area (Å²) >= 11 is 0. The fourth-order valence-electron chi connectivity index (χ4n) is 2.82. The molecule has 0 bridgehead atoms. The van der Waals surface area contributed by atoms with E-state index in [1.54, 1.807) is 4.90 Å². The number of nitrogens with two attached hydrogens (primary N) is 1. The Balaban J connectivity index is 1.81. The molecule has 0 radical (unpaired) electrons. The summed E-state index contributed by atoms with van der Waals surface area (Å²) in [7, 11) is -3.51. The second-order valence-corrected chi connectivity index (χ2v) is 7.40. The number of primary sulfonamides is 1. The summed E-state index contributed by atoms with van der Waals surface area (Å²) in [6.45, 7) is 5.81. The van der Waals surface area contributed by atoms with Crippen LogP contribution in [-0.2, 0) is 21.4 Å². The first kappa shape index (κ1) is 16.0. The van der Waals surface area contributed by atoms with Crippen molar-refractivity contribution in [1.29, 1.82) is 0 Å².